The van der Waals surface area contributed by atoms with Crippen molar-refractivity contribution in [3.63, 3.8) is 0 Å². The molecule has 4 bridgehead atoms. The van der Waals surface area contributed by atoms with E-state index in [0.29, 0.717) is 0 Å². The monoisotopic (exact) mass is 108 g/mol. The molecule has 5 aliphatic carbocycles. The van der Waals surface area contributed by atoms with Crippen molar-refractivity contribution in [2.24, 2.45) is 23.2 Å². The summed E-state index contributed by atoms with van der Waals surface area (Å²) >= 11 is 0. The summed E-state index contributed by atoms with van der Waals surface area (Å²) in [7, 11) is 0. The molecular formula is C8H12. The second-order valence-corrected chi connectivity index (χ2v) is 4.16. The highest BCUT2D eigenvalue weighted by molar-refractivity contribution is 5.20. The molecule has 0 aliphatic heterocycles. The summed E-state index contributed by atoms with van der Waals surface area (Å²) in [5.41, 5.74) is 0.894. The van der Waals surface area contributed by atoms with Crippen molar-refractivity contribution in [2.75, 3.05) is 0 Å². The topological polar surface area (TPSA) is 0 Å². The lowest BCUT2D eigenvalue weighted by Gasteiger charge is -2.66. The molecule has 0 N–H and O–H groups in total. The number of rotatable bonds is 0. The first-order chi connectivity index (χ1) is 3.82. The summed E-state index contributed by atoms with van der Waals surface area (Å²) in [4.78, 5) is 0. The molecule has 0 heteroatoms. The molecule has 8 heavy (non-hydrogen) atoms. The Hall–Kier alpha value is 0. The standard InChI is InChI=1S/C8H12/c1-8-3-2-5-6(8)4-7(5)8/h5-7H,2-4H2,1H3/t5?,6-,7?,8?/m1/s1. The predicted octanol–water partition coefficient (Wildman–Crippen LogP) is 2.05. The van der Waals surface area contributed by atoms with Crippen LogP contribution in [0.1, 0.15) is 26.2 Å². The molecule has 5 fully saturated rings. The normalized spacial score (nSPS) is 73.9. The summed E-state index contributed by atoms with van der Waals surface area (Å²) in [6.07, 6.45) is 4.74. The van der Waals surface area contributed by atoms with Crippen LogP contribution >= 0.6 is 0 Å². The summed E-state index contributed by atoms with van der Waals surface area (Å²) in [5.74, 6) is 3.62. The Morgan fingerprint density at radius 2 is 2.12 bits per heavy atom. The van der Waals surface area contributed by atoms with Crippen LogP contribution in [-0.2, 0) is 0 Å². The molecule has 5 saturated carbocycles. The maximum Gasteiger partial charge on any atom is -0.0263 e. The van der Waals surface area contributed by atoms with Gasteiger partial charge in [0, 0.05) is 0 Å². The van der Waals surface area contributed by atoms with E-state index < -0.39 is 0 Å². The average molecular weight is 108 g/mol. The molecule has 3 unspecified atom stereocenters. The third-order valence-electron chi connectivity index (χ3n) is 4.25. The van der Waals surface area contributed by atoms with Crippen molar-refractivity contribution >= 4 is 0 Å². The van der Waals surface area contributed by atoms with Gasteiger partial charge in [-0.2, -0.15) is 0 Å². The van der Waals surface area contributed by atoms with Gasteiger partial charge in [-0.1, -0.05) is 6.92 Å². The maximum absolute atomic E-state index is 2.50. The third-order valence-corrected chi connectivity index (χ3v) is 4.25. The van der Waals surface area contributed by atoms with E-state index in [0.717, 1.165) is 5.41 Å². The largest absolute Gasteiger partial charge is 0.0591 e. The molecule has 5 rings (SSSR count). The molecule has 0 aromatic carbocycles. The Morgan fingerprint density at radius 3 is 2.25 bits per heavy atom. The van der Waals surface area contributed by atoms with Gasteiger partial charge in [-0.05, 0) is 42.4 Å². The summed E-state index contributed by atoms with van der Waals surface area (Å²) in [6, 6.07) is 0. The minimum absolute atomic E-state index is 0.894. The van der Waals surface area contributed by atoms with Crippen molar-refractivity contribution in [3.8, 4) is 0 Å². The van der Waals surface area contributed by atoms with Crippen LogP contribution in [0.3, 0.4) is 0 Å². The second-order valence-electron chi connectivity index (χ2n) is 4.16. The highest BCUT2D eigenvalue weighted by atomic mass is 14.8. The first-order valence-corrected chi connectivity index (χ1v) is 3.82. The van der Waals surface area contributed by atoms with Gasteiger partial charge in [-0.3, -0.25) is 0 Å². The van der Waals surface area contributed by atoms with E-state index >= 15 is 0 Å². The molecule has 4 atom stereocenters. The Balaban J connectivity index is 2.10. The van der Waals surface area contributed by atoms with E-state index in [1.54, 1.807) is 19.3 Å². The lowest BCUT2D eigenvalue weighted by Crippen LogP contribution is -2.60. The lowest BCUT2D eigenvalue weighted by molar-refractivity contribution is -0.181. The Bertz CT molecular complexity index is 138. The average Bonchev–Trinajstić information content (AvgIpc) is 1.88. The first kappa shape index (κ1) is 3.92. The molecule has 0 nitrogen and oxygen atoms in total. The minimum Gasteiger partial charge on any atom is -0.0591 e. The molecule has 0 saturated heterocycles. The van der Waals surface area contributed by atoms with Crippen molar-refractivity contribution in [3.05, 3.63) is 0 Å². The zero-order chi connectivity index (χ0) is 5.35. The zero-order valence-corrected chi connectivity index (χ0v) is 5.35. The number of hydrogen-bond donors (Lipinski definition) is 0. The fraction of sp³-hybridized carbons (Fsp3) is 1.00. The predicted molar refractivity (Wildman–Crippen MR) is 32.4 cm³/mol. The molecule has 0 amide bonds. The van der Waals surface area contributed by atoms with E-state index in [-0.39, 0.29) is 0 Å². The Kier molecular flexibility index (Phi) is 0.381. The molecular weight excluding hydrogens is 96.1 g/mol. The van der Waals surface area contributed by atoms with Gasteiger partial charge in [-0.15, -0.1) is 0 Å². The van der Waals surface area contributed by atoms with Gasteiger partial charge in [0.1, 0.15) is 0 Å². The van der Waals surface area contributed by atoms with Gasteiger partial charge in [-0.25, -0.2) is 0 Å². The van der Waals surface area contributed by atoms with Crippen LogP contribution in [0.5, 0.6) is 0 Å². The highest BCUT2D eigenvalue weighted by Crippen LogP contribution is 2.79. The fourth-order valence-corrected chi connectivity index (χ4v) is 3.47. The van der Waals surface area contributed by atoms with Gasteiger partial charge in [0.25, 0.3) is 0 Å². The van der Waals surface area contributed by atoms with Crippen LogP contribution in [0.15, 0.2) is 0 Å². The molecule has 0 aromatic rings. The van der Waals surface area contributed by atoms with Crippen LogP contribution in [-0.4, -0.2) is 0 Å². The van der Waals surface area contributed by atoms with Crippen LogP contribution in [0.25, 0.3) is 0 Å². The van der Waals surface area contributed by atoms with Crippen LogP contribution in [0.2, 0.25) is 0 Å². The quantitative estimate of drug-likeness (QED) is 0.445. The van der Waals surface area contributed by atoms with Gasteiger partial charge in [0.05, 0.1) is 0 Å². The van der Waals surface area contributed by atoms with Gasteiger partial charge in [0.2, 0.25) is 0 Å². The lowest BCUT2D eigenvalue weighted by atomic mass is 9.38. The fourth-order valence-electron chi connectivity index (χ4n) is 3.47. The van der Waals surface area contributed by atoms with Crippen molar-refractivity contribution in [1.29, 1.82) is 0 Å². The molecule has 0 spiro atoms. The van der Waals surface area contributed by atoms with E-state index in [4.69, 9.17) is 0 Å². The van der Waals surface area contributed by atoms with Crippen LogP contribution < -0.4 is 0 Å². The minimum atomic E-state index is 0.894. The number of fused-ring (bicyclic) bond motifs is 1. The summed E-state index contributed by atoms with van der Waals surface area (Å²) in [6.45, 7) is 2.50. The summed E-state index contributed by atoms with van der Waals surface area (Å²) < 4.78 is 0. The summed E-state index contributed by atoms with van der Waals surface area (Å²) in [5, 5.41) is 0. The second kappa shape index (κ2) is 0.778. The Labute approximate surface area is 50.3 Å². The number of hydrogen-bond acceptors (Lipinski definition) is 0. The maximum atomic E-state index is 2.50. The van der Waals surface area contributed by atoms with Crippen LogP contribution in [0.4, 0.5) is 0 Å². The molecule has 44 valence electrons. The Morgan fingerprint density at radius 1 is 1.38 bits per heavy atom. The SMILES string of the molecule is CC12CCC3C1C[C@H]32. The van der Waals surface area contributed by atoms with E-state index in [9.17, 15) is 0 Å². The zero-order valence-electron chi connectivity index (χ0n) is 5.35. The molecule has 0 aromatic heterocycles. The smallest absolute Gasteiger partial charge is 0.0263 e. The van der Waals surface area contributed by atoms with E-state index in [1.807, 2.05) is 0 Å². The van der Waals surface area contributed by atoms with Gasteiger partial charge >= 0.3 is 0 Å². The van der Waals surface area contributed by atoms with Crippen molar-refractivity contribution in [2.45, 2.75) is 26.2 Å². The van der Waals surface area contributed by atoms with Crippen LogP contribution in [0, 0.1) is 23.2 Å². The molecule has 5 aliphatic rings. The van der Waals surface area contributed by atoms with Crippen molar-refractivity contribution < 1.29 is 0 Å². The van der Waals surface area contributed by atoms with Gasteiger partial charge < -0.3 is 0 Å². The van der Waals surface area contributed by atoms with E-state index in [1.165, 1.54) is 17.8 Å². The van der Waals surface area contributed by atoms with Gasteiger partial charge in [0.15, 0.2) is 0 Å². The molecule has 0 heterocycles. The first-order valence-electron chi connectivity index (χ1n) is 3.82. The van der Waals surface area contributed by atoms with Crippen molar-refractivity contribution in [1.82, 2.24) is 0 Å². The van der Waals surface area contributed by atoms with E-state index in [2.05, 4.69) is 6.92 Å². The highest BCUT2D eigenvalue weighted by Gasteiger charge is 2.72. The third kappa shape index (κ3) is 0.167. The molecule has 0 radical (unpaired) electrons.